The van der Waals surface area contributed by atoms with Crippen LogP contribution in [0, 0.1) is 5.92 Å². The molecule has 0 heterocycles. The molecule has 0 aromatic rings. The Morgan fingerprint density at radius 2 is 2.00 bits per heavy atom. The molecule has 94 valence electrons. The van der Waals surface area contributed by atoms with Crippen molar-refractivity contribution in [3.8, 4) is 0 Å². The summed E-state index contributed by atoms with van der Waals surface area (Å²) in [7, 11) is 2.29. The molecule has 2 aliphatic carbocycles. The average molecular weight is 224 g/mol. The fourth-order valence-electron chi connectivity index (χ4n) is 2.95. The van der Waals surface area contributed by atoms with E-state index in [1.165, 1.54) is 45.1 Å². The number of hydrogen-bond donors (Lipinski definition) is 1. The first-order valence-corrected chi connectivity index (χ1v) is 7.16. The van der Waals surface area contributed by atoms with Crippen LogP contribution in [0.15, 0.2) is 0 Å². The van der Waals surface area contributed by atoms with Gasteiger partial charge in [0.15, 0.2) is 0 Å². The van der Waals surface area contributed by atoms with Gasteiger partial charge in [0.2, 0.25) is 0 Å². The maximum Gasteiger partial charge on any atom is 0.0192 e. The molecule has 0 radical (unpaired) electrons. The second kappa shape index (κ2) is 5.50. The molecule has 16 heavy (non-hydrogen) atoms. The van der Waals surface area contributed by atoms with Gasteiger partial charge < -0.3 is 5.32 Å². The van der Waals surface area contributed by atoms with Gasteiger partial charge in [0.1, 0.15) is 0 Å². The molecule has 2 aliphatic rings. The molecule has 2 saturated carbocycles. The molecule has 1 N–H and O–H groups in total. The van der Waals surface area contributed by atoms with Crippen LogP contribution >= 0.6 is 0 Å². The number of likely N-dealkylation sites (N-methyl/N-ethyl adjacent to an activating group) is 1. The third-order valence-electron chi connectivity index (χ3n) is 4.64. The Morgan fingerprint density at radius 3 is 2.56 bits per heavy atom. The van der Waals surface area contributed by atoms with E-state index in [0.29, 0.717) is 6.04 Å². The molecular weight excluding hydrogens is 196 g/mol. The lowest BCUT2D eigenvalue weighted by Gasteiger charge is -2.26. The molecule has 0 amide bonds. The maximum atomic E-state index is 3.77. The molecule has 3 atom stereocenters. The van der Waals surface area contributed by atoms with Gasteiger partial charge in [0, 0.05) is 24.7 Å². The zero-order valence-electron chi connectivity index (χ0n) is 11.2. The number of nitrogens with zero attached hydrogens (tertiary/aromatic N) is 1. The monoisotopic (exact) mass is 224 g/mol. The highest BCUT2D eigenvalue weighted by molar-refractivity contribution is 4.87. The van der Waals surface area contributed by atoms with Crippen molar-refractivity contribution >= 4 is 0 Å². The largest absolute Gasteiger partial charge is 0.312 e. The molecular formula is C14H28N2. The van der Waals surface area contributed by atoms with Gasteiger partial charge in [-0.15, -0.1) is 0 Å². The van der Waals surface area contributed by atoms with Crippen LogP contribution in [0.2, 0.25) is 0 Å². The lowest BCUT2D eigenvalue weighted by atomic mass is 10.1. The minimum atomic E-state index is 0.702. The first-order chi connectivity index (χ1) is 7.70. The van der Waals surface area contributed by atoms with Crippen LogP contribution in [0.1, 0.15) is 52.4 Å². The van der Waals surface area contributed by atoms with Crippen LogP contribution in [0.5, 0.6) is 0 Å². The van der Waals surface area contributed by atoms with E-state index in [2.05, 4.69) is 31.1 Å². The van der Waals surface area contributed by atoms with E-state index in [-0.39, 0.29) is 0 Å². The molecule has 0 aromatic carbocycles. The van der Waals surface area contributed by atoms with Gasteiger partial charge in [-0.2, -0.15) is 0 Å². The molecule has 0 saturated heterocycles. The zero-order valence-corrected chi connectivity index (χ0v) is 11.2. The van der Waals surface area contributed by atoms with Gasteiger partial charge in [-0.25, -0.2) is 0 Å². The lowest BCUT2D eigenvalue weighted by Crippen LogP contribution is -2.42. The molecule has 0 spiro atoms. The predicted molar refractivity (Wildman–Crippen MR) is 69.7 cm³/mol. The van der Waals surface area contributed by atoms with Crippen molar-refractivity contribution in [1.29, 1.82) is 0 Å². The van der Waals surface area contributed by atoms with Gasteiger partial charge >= 0.3 is 0 Å². The van der Waals surface area contributed by atoms with Crippen molar-refractivity contribution in [2.75, 3.05) is 13.6 Å². The van der Waals surface area contributed by atoms with Crippen molar-refractivity contribution < 1.29 is 0 Å². The molecule has 0 aliphatic heterocycles. The number of hydrogen-bond acceptors (Lipinski definition) is 2. The summed E-state index contributed by atoms with van der Waals surface area (Å²) in [6, 6.07) is 2.40. The Kier molecular flexibility index (Phi) is 4.26. The lowest BCUT2D eigenvalue weighted by molar-refractivity contribution is 0.235. The average Bonchev–Trinajstić information content (AvgIpc) is 3.04. The van der Waals surface area contributed by atoms with Gasteiger partial charge in [-0.05, 0) is 52.0 Å². The second-order valence-electron chi connectivity index (χ2n) is 5.94. The normalized spacial score (nSPS) is 32.2. The molecule has 2 rings (SSSR count). The molecule has 2 heteroatoms. The van der Waals surface area contributed by atoms with Gasteiger partial charge in [0.05, 0.1) is 0 Å². The Bertz CT molecular complexity index is 213. The maximum absolute atomic E-state index is 3.77. The Balaban J connectivity index is 1.63. The molecule has 3 unspecified atom stereocenters. The van der Waals surface area contributed by atoms with Crippen molar-refractivity contribution in [3.63, 3.8) is 0 Å². The Hall–Kier alpha value is -0.0800. The predicted octanol–water partition coefficient (Wildman–Crippen LogP) is 2.64. The summed E-state index contributed by atoms with van der Waals surface area (Å²) in [4.78, 5) is 2.55. The fourth-order valence-corrected chi connectivity index (χ4v) is 2.95. The quantitative estimate of drug-likeness (QED) is 0.746. The molecule has 0 aromatic heterocycles. The smallest absolute Gasteiger partial charge is 0.0192 e. The van der Waals surface area contributed by atoms with E-state index in [1.807, 2.05) is 0 Å². The summed E-state index contributed by atoms with van der Waals surface area (Å²) in [6.45, 7) is 5.86. The van der Waals surface area contributed by atoms with Gasteiger partial charge in [-0.3, -0.25) is 4.90 Å². The highest BCUT2D eigenvalue weighted by Gasteiger charge is 2.29. The third kappa shape index (κ3) is 3.21. The summed E-state index contributed by atoms with van der Waals surface area (Å²) in [6.07, 6.45) is 8.47. The van der Waals surface area contributed by atoms with Gasteiger partial charge in [0.25, 0.3) is 0 Å². The highest BCUT2D eigenvalue weighted by Crippen LogP contribution is 2.29. The second-order valence-corrected chi connectivity index (χ2v) is 5.94. The van der Waals surface area contributed by atoms with Crippen LogP contribution in [-0.2, 0) is 0 Å². The summed E-state index contributed by atoms with van der Waals surface area (Å²) >= 11 is 0. The first kappa shape index (κ1) is 12.4. The molecule has 2 fully saturated rings. The fraction of sp³-hybridized carbons (Fsp3) is 1.00. The summed E-state index contributed by atoms with van der Waals surface area (Å²) in [5.41, 5.74) is 0. The zero-order chi connectivity index (χ0) is 11.5. The van der Waals surface area contributed by atoms with Crippen molar-refractivity contribution in [2.45, 2.75) is 70.5 Å². The minimum Gasteiger partial charge on any atom is -0.312 e. The molecule has 0 bridgehead atoms. The van der Waals surface area contributed by atoms with E-state index in [4.69, 9.17) is 0 Å². The van der Waals surface area contributed by atoms with Crippen LogP contribution < -0.4 is 5.32 Å². The van der Waals surface area contributed by atoms with Crippen molar-refractivity contribution in [3.05, 3.63) is 0 Å². The summed E-state index contributed by atoms with van der Waals surface area (Å²) in [5, 5.41) is 3.77. The van der Waals surface area contributed by atoms with E-state index in [0.717, 1.165) is 18.0 Å². The van der Waals surface area contributed by atoms with E-state index < -0.39 is 0 Å². The molecule has 2 nitrogen and oxygen atoms in total. The van der Waals surface area contributed by atoms with Crippen molar-refractivity contribution in [2.24, 2.45) is 5.92 Å². The van der Waals surface area contributed by atoms with E-state index in [9.17, 15) is 0 Å². The van der Waals surface area contributed by atoms with Crippen LogP contribution in [0.4, 0.5) is 0 Å². The topological polar surface area (TPSA) is 15.3 Å². The standard InChI is InChI=1S/C14H28N2/c1-4-12-5-6-13(9-12)15-10-11(2)16(3)14-7-8-14/h11-15H,4-10H2,1-3H3. The summed E-state index contributed by atoms with van der Waals surface area (Å²) in [5.74, 6) is 0.994. The number of rotatable bonds is 6. The van der Waals surface area contributed by atoms with Crippen LogP contribution in [0.3, 0.4) is 0 Å². The highest BCUT2D eigenvalue weighted by atomic mass is 15.2. The first-order valence-electron chi connectivity index (χ1n) is 7.16. The Morgan fingerprint density at radius 1 is 1.25 bits per heavy atom. The van der Waals surface area contributed by atoms with Gasteiger partial charge in [-0.1, -0.05) is 13.3 Å². The van der Waals surface area contributed by atoms with E-state index >= 15 is 0 Å². The summed E-state index contributed by atoms with van der Waals surface area (Å²) < 4.78 is 0. The SMILES string of the molecule is CCC1CCC(NCC(C)N(C)C2CC2)C1. The van der Waals surface area contributed by atoms with Crippen LogP contribution in [-0.4, -0.2) is 36.6 Å². The van der Waals surface area contributed by atoms with Crippen molar-refractivity contribution in [1.82, 2.24) is 10.2 Å². The third-order valence-corrected chi connectivity index (χ3v) is 4.64. The van der Waals surface area contributed by atoms with Crippen LogP contribution in [0.25, 0.3) is 0 Å². The minimum absolute atomic E-state index is 0.702. The Labute approximate surface area is 101 Å². The van der Waals surface area contributed by atoms with E-state index in [1.54, 1.807) is 0 Å². The number of nitrogens with one attached hydrogen (secondary N) is 1.